The second-order valence-corrected chi connectivity index (χ2v) is 8.49. The van der Waals surface area contributed by atoms with Gasteiger partial charge in [0.25, 0.3) is 5.91 Å². The number of unbranched alkanes of at least 4 members (excludes halogenated alkanes) is 1. The van der Waals surface area contributed by atoms with Crippen LogP contribution in [0, 0.1) is 11.7 Å². The standard InChI is InChI=1S/C25H31FN4O5/c1-2-3-10-20(15-28(18-31)35-17-19-8-5-4-6-9-19)25(33)29-14-7-11-22(29)24(32)27-23-13-12-21(26)16-30(23)34/h4-6,8-9,12-13,16,18,20,22,34H,2-3,7,10-11,14-15,17H2,1H3/t20-,22+/m1/s1. The van der Waals surface area contributed by atoms with E-state index < -0.39 is 23.7 Å². The Labute approximate surface area is 203 Å². The number of likely N-dealkylation sites (tertiary alicyclic amines) is 1. The number of aromatic nitrogens is 1. The third kappa shape index (κ3) is 7.22. The van der Waals surface area contributed by atoms with Gasteiger partial charge in [0.15, 0.2) is 5.49 Å². The predicted molar refractivity (Wildman–Crippen MR) is 124 cm³/mol. The highest BCUT2D eigenvalue weighted by Gasteiger charge is 2.37. The summed E-state index contributed by atoms with van der Waals surface area (Å²) < 4.78 is 13.7. The number of carbonyl (C=O) groups is 3. The van der Waals surface area contributed by atoms with Gasteiger partial charge >= 0.3 is 0 Å². The van der Waals surface area contributed by atoms with Crippen molar-refractivity contribution in [1.82, 2.24) is 14.7 Å². The number of benzene rings is 1. The molecule has 1 aromatic heterocycles. The Kier molecular flexibility index (Phi) is 9.54. The summed E-state index contributed by atoms with van der Waals surface area (Å²) in [6, 6.07) is 10.9. The lowest BCUT2D eigenvalue weighted by atomic mass is 9.99. The lowest BCUT2D eigenvalue weighted by Gasteiger charge is -2.29. The molecule has 0 radical (unpaired) electrons. The summed E-state index contributed by atoms with van der Waals surface area (Å²) in [5.74, 6) is -2.05. The minimum absolute atomic E-state index is 0.0678. The zero-order valence-electron chi connectivity index (χ0n) is 19.8. The van der Waals surface area contributed by atoms with Gasteiger partial charge in [-0.2, -0.15) is 9.72 Å². The zero-order chi connectivity index (χ0) is 25.2. The fraction of sp³-hybridized carbons (Fsp3) is 0.440. The van der Waals surface area contributed by atoms with Crippen LogP contribution in [0.4, 0.5) is 4.39 Å². The van der Waals surface area contributed by atoms with Gasteiger partial charge in [0, 0.05) is 6.54 Å². The molecule has 2 heterocycles. The molecule has 0 saturated carbocycles. The monoisotopic (exact) mass is 486 g/mol. The van der Waals surface area contributed by atoms with Crippen LogP contribution in [0.15, 0.2) is 53.7 Å². The summed E-state index contributed by atoms with van der Waals surface area (Å²) in [5, 5.41) is 10.9. The van der Waals surface area contributed by atoms with E-state index in [1.807, 2.05) is 37.3 Å². The number of halogens is 1. The molecule has 2 atom stereocenters. The van der Waals surface area contributed by atoms with Crippen LogP contribution < -0.4 is 5.49 Å². The van der Waals surface area contributed by atoms with Crippen molar-refractivity contribution in [2.24, 2.45) is 10.9 Å². The Bertz CT molecular complexity index is 1080. The minimum atomic E-state index is -0.786. The van der Waals surface area contributed by atoms with Crippen LogP contribution in [0.5, 0.6) is 0 Å². The molecule has 3 amide bonds. The molecule has 0 aliphatic carbocycles. The maximum absolute atomic E-state index is 13.5. The molecular formula is C25H31FN4O5. The van der Waals surface area contributed by atoms with Gasteiger partial charge in [0.05, 0.1) is 18.7 Å². The van der Waals surface area contributed by atoms with Gasteiger partial charge in [0.1, 0.15) is 18.5 Å². The molecule has 1 N–H and O–H groups in total. The fourth-order valence-corrected chi connectivity index (χ4v) is 4.07. The number of hydrogen-bond donors (Lipinski definition) is 1. The smallest absolute Gasteiger partial charge is 0.270 e. The van der Waals surface area contributed by atoms with E-state index in [4.69, 9.17) is 4.84 Å². The predicted octanol–water partition coefficient (Wildman–Crippen LogP) is 2.68. The molecule has 1 aliphatic heterocycles. The highest BCUT2D eigenvalue weighted by Crippen LogP contribution is 2.24. The topological polar surface area (TPSA) is 104 Å². The highest BCUT2D eigenvalue weighted by atomic mass is 19.1. The SMILES string of the molecule is CCCC[C@H](CN(C=O)OCc1ccccc1)C(=O)N1CCC[C@H]1C(=O)N=c1ccc(F)cn1O. The molecule has 35 heavy (non-hydrogen) atoms. The summed E-state index contributed by atoms with van der Waals surface area (Å²) in [6.45, 7) is 2.66. The third-order valence-corrected chi connectivity index (χ3v) is 5.93. The maximum atomic E-state index is 13.5. The van der Waals surface area contributed by atoms with E-state index in [2.05, 4.69) is 4.99 Å². The molecule has 1 fully saturated rings. The van der Waals surface area contributed by atoms with Crippen LogP contribution in [-0.4, -0.2) is 57.3 Å². The molecular weight excluding hydrogens is 455 g/mol. The van der Waals surface area contributed by atoms with Gasteiger partial charge in [0.2, 0.25) is 12.3 Å². The van der Waals surface area contributed by atoms with Gasteiger partial charge in [-0.25, -0.2) is 9.45 Å². The average molecular weight is 487 g/mol. The quantitative estimate of drug-likeness (QED) is 0.299. The normalized spacial score (nSPS) is 16.8. The third-order valence-electron chi connectivity index (χ3n) is 5.93. The number of pyridine rings is 1. The largest absolute Gasteiger partial charge is 0.427 e. The van der Waals surface area contributed by atoms with Crippen molar-refractivity contribution in [2.75, 3.05) is 13.1 Å². The summed E-state index contributed by atoms with van der Waals surface area (Å²) in [4.78, 5) is 49.0. The number of amides is 3. The number of carbonyl (C=O) groups excluding carboxylic acids is 3. The Morgan fingerprint density at radius 2 is 2.06 bits per heavy atom. The molecule has 1 aliphatic rings. The Balaban J connectivity index is 1.72. The van der Waals surface area contributed by atoms with Gasteiger partial charge in [-0.15, -0.1) is 0 Å². The molecule has 10 heteroatoms. The molecule has 1 aromatic carbocycles. The van der Waals surface area contributed by atoms with E-state index in [1.54, 1.807) is 0 Å². The second-order valence-electron chi connectivity index (χ2n) is 8.49. The lowest BCUT2D eigenvalue weighted by Crippen LogP contribution is -2.46. The Hall–Kier alpha value is -3.53. The number of hydrogen-bond acceptors (Lipinski definition) is 5. The Morgan fingerprint density at radius 3 is 2.74 bits per heavy atom. The van der Waals surface area contributed by atoms with Crippen molar-refractivity contribution < 1.29 is 28.8 Å². The molecule has 0 unspecified atom stereocenters. The first kappa shape index (κ1) is 26.1. The first-order valence-corrected chi connectivity index (χ1v) is 11.8. The summed E-state index contributed by atoms with van der Waals surface area (Å²) in [7, 11) is 0. The van der Waals surface area contributed by atoms with E-state index in [-0.39, 0.29) is 24.5 Å². The summed E-state index contributed by atoms with van der Waals surface area (Å²) in [6.07, 6.45) is 4.61. The Morgan fingerprint density at radius 1 is 1.29 bits per heavy atom. The van der Waals surface area contributed by atoms with E-state index in [0.717, 1.165) is 35.7 Å². The molecule has 0 spiro atoms. The van der Waals surface area contributed by atoms with Crippen molar-refractivity contribution in [1.29, 1.82) is 0 Å². The van der Waals surface area contributed by atoms with Crippen molar-refractivity contribution >= 4 is 18.2 Å². The van der Waals surface area contributed by atoms with Crippen LogP contribution >= 0.6 is 0 Å². The molecule has 0 bridgehead atoms. The van der Waals surface area contributed by atoms with Crippen molar-refractivity contribution in [3.63, 3.8) is 0 Å². The molecule has 1 saturated heterocycles. The zero-order valence-corrected chi connectivity index (χ0v) is 19.8. The number of nitrogens with zero attached hydrogens (tertiary/aromatic N) is 4. The summed E-state index contributed by atoms with van der Waals surface area (Å²) >= 11 is 0. The molecule has 188 valence electrons. The van der Waals surface area contributed by atoms with E-state index in [9.17, 15) is 24.0 Å². The maximum Gasteiger partial charge on any atom is 0.270 e. The van der Waals surface area contributed by atoms with Gasteiger partial charge in [-0.05, 0) is 37.0 Å². The highest BCUT2D eigenvalue weighted by molar-refractivity contribution is 5.89. The lowest BCUT2D eigenvalue weighted by molar-refractivity contribution is -0.183. The van der Waals surface area contributed by atoms with E-state index >= 15 is 0 Å². The number of rotatable bonds is 11. The van der Waals surface area contributed by atoms with Gasteiger partial charge in [-0.3, -0.25) is 19.2 Å². The van der Waals surface area contributed by atoms with Gasteiger partial charge < -0.3 is 10.1 Å². The van der Waals surface area contributed by atoms with Crippen LogP contribution in [0.3, 0.4) is 0 Å². The molecule has 9 nitrogen and oxygen atoms in total. The summed E-state index contributed by atoms with van der Waals surface area (Å²) in [5.41, 5.74) is 0.768. The van der Waals surface area contributed by atoms with Crippen molar-refractivity contribution in [2.45, 2.75) is 51.7 Å². The minimum Gasteiger partial charge on any atom is -0.427 e. The van der Waals surface area contributed by atoms with E-state index in [1.165, 1.54) is 11.0 Å². The van der Waals surface area contributed by atoms with Crippen molar-refractivity contribution in [3.8, 4) is 0 Å². The molecule has 2 aromatic rings. The van der Waals surface area contributed by atoms with E-state index in [0.29, 0.717) is 36.9 Å². The van der Waals surface area contributed by atoms with Crippen LogP contribution in [0.25, 0.3) is 0 Å². The van der Waals surface area contributed by atoms with Gasteiger partial charge in [-0.1, -0.05) is 50.1 Å². The fourth-order valence-electron chi connectivity index (χ4n) is 4.07. The van der Waals surface area contributed by atoms with Crippen molar-refractivity contribution in [3.05, 3.63) is 65.5 Å². The second kappa shape index (κ2) is 12.8. The average Bonchev–Trinajstić information content (AvgIpc) is 3.36. The first-order chi connectivity index (χ1) is 16.9. The molecule has 3 rings (SSSR count). The van der Waals surface area contributed by atoms with Crippen LogP contribution in [0.1, 0.15) is 44.6 Å². The van der Waals surface area contributed by atoms with Crippen LogP contribution in [-0.2, 0) is 25.8 Å². The first-order valence-electron chi connectivity index (χ1n) is 11.8. The number of hydroxylamine groups is 2. The van der Waals surface area contributed by atoms with Crippen LogP contribution in [0.2, 0.25) is 0 Å².